The molecule has 0 bridgehead atoms. The quantitative estimate of drug-likeness (QED) is 0.646. The molecule has 0 N–H and O–H groups in total. The maximum absolute atomic E-state index is 4.87. The molecule has 3 aromatic rings. The van der Waals surface area contributed by atoms with Crippen LogP contribution in [0.3, 0.4) is 0 Å². The van der Waals surface area contributed by atoms with E-state index in [1.807, 2.05) is 17.9 Å². The van der Waals surface area contributed by atoms with Crippen molar-refractivity contribution in [3.63, 3.8) is 0 Å². The molecule has 4 rings (SSSR count). The van der Waals surface area contributed by atoms with Crippen LogP contribution in [0.5, 0.6) is 0 Å². The predicted octanol–water partition coefficient (Wildman–Crippen LogP) is 2.90. The zero-order valence-electron chi connectivity index (χ0n) is 13.0. The van der Waals surface area contributed by atoms with Gasteiger partial charge >= 0.3 is 5.82 Å². The molecule has 0 spiro atoms. The summed E-state index contributed by atoms with van der Waals surface area (Å²) in [5.41, 5.74) is 4.78. The number of aryl methyl sites for hydroxylation is 3. The molecule has 0 unspecified atom stereocenters. The number of nitrogens with zero attached hydrogens (tertiary/aromatic N) is 4. The van der Waals surface area contributed by atoms with Crippen LogP contribution in [0.15, 0.2) is 36.7 Å². The second kappa shape index (κ2) is 5.05. The van der Waals surface area contributed by atoms with Gasteiger partial charge in [0.2, 0.25) is 0 Å². The summed E-state index contributed by atoms with van der Waals surface area (Å²) in [6, 6.07) is 8.61. The van der Waals surface area contributed by atoms with Crippen molar-refractivity contribution in [3.05, 3.63) is 53.6 Å². The van der Waals surface area contributed by atoms with Crippen molar-refractivity contribution >= 4 is 22.7 Å². The lowest BCUT2D eigenvalue weighted by Gasteiger charge is -2.13. The Morgan fingerprint density at radius 1 is 1.32 bits per heavy atom. The Morgan fingerprint density at radius 2 is 2.23 bits per heavy atom. The maximum atomic E-state index is 4.87. The average molecular weight is 291 g/mol. The lowest BCUT2D eigenvalue weighted by molar-refractivity contribution is -0.703. The smallest absolute Gasteiger partial charge is 0.230 e. The van der Waals surface area contributed by atoms with Crippen LogP contribution in [0.2, 0.25) is 0 Å². The molecule has 22 heavy (non-hydrogen) atoms. The molecule has 110 valence electrons. The van der Waals surface area contributed by atoms with E-state index in [0.717, 1.165) is 36.2 Å². The minimum atomic E-state index is 0.947. The monoisotopic (exact) mass is 291 g/mol. The van der Waals surface area contributed by atoms with E-state index in [9.17, 15) is 0 Å². The molecule has 1 aliphatic heterocycles. The molecule has 0 saturated carbocycles. The van der Waals surface area contributed by atoms with Gasteiger partial charge in [-0.1, -0.05) is 29.8 Å². The standard InChI is InChI=1S/C18H19N4/c1-13-5-3-6-14(9-13)10-15-7-4-8-22-12-16-11-19-21(2)17(16)20-18(15)22/h3,5-6,9-12H,4,7-8H2,1-2H3/q+1/b15-10+. The number of aromatic nitrogens is 4. The number of hydrogen-bond acceptors (Lipinski definition) is 2. The Kier molecular flexibility index (Phi) is 3.03. The van der Waals surface area contributed by atoms with Crippen molar-refractivity contribution in [2.45, 2.75) is 26.3 Å². The van der Waals surface area contributed by atoms with Gasteiger partial charge in [-0.15, -0.1) is 0 Å². The highest BCUT2D eigenvalue weighted by Crippen LogP contribution is 2.24. The molecule has 4 nitrogen and oxygen atoms in total. The maximum Gasteiger partial charge on any atom is 0.328 e. The van der Waals surface area contributed by atoms with Gasteiger partial charge in [0.05, 0.1) is 12.7 Å². The van der Waals surface area contributed by atoms with Gasteiger partial charge in [-0.3, -0.25) is 0 Å². The first-order valence-corrected chi connectivity index (χ1v) is 7.70. The van der Waals surface area contributed by atoms with Gasteiger partial charge in [0.1, 0.15) is 11.6 Å². The van der Waals surface area contributed by atoms with E-state index >= 15 is 0 Å². The first kappa shape index (κ1) is 13.2. The molecule has 2 aromatic heterocycles. The van der Waals surface area contributed by atoms with Crippen LogP contribution < -0.4 is 4.57 Å². The van der Waals surface area contributed by atoms with Gasteiger partial charge in [0, 0.05) is 12.6 Å². The van der Waals surface area contributed by atoms with E-state index in [4.69, 9.17) is 4.98 Å². The van der Waals surface area contributed by atoms with Crippen LogP contribution in [0, 0.1) is 6.92 Å². The first-order valence-electron chi connectivity index (χ1n) is 7.70. The Balaban J connectivity index is 1.87. The van der Waals surface area contributed by atoms with E-state index in [1.165, 1.54) is 16.7 Å². The summed E-state index contributed by atoms with van der Waals surface area (Å²) in [7, 11) is 1.94. The third kappa shape index (κ3) is 2.21. The minimum Gasteiger partial charge on any atom is -0.230 e. The first-order chi connectivity index (χ1) is 10.7. The number of rotatable bonds is 1. The lowest BCUT2D eigenvalue weighted by Crippen LogP contribution is -2.41. The number of hydrogen-bond donors (Lipinski definition) is 0. The van der Waals surface area contributed by atoms with E-state index < -0.39 is 0 Å². The number of fused-ring (bicyclic) bond motifs is 2. The van der Waals surface area contributed by atoms with Crippen LogP contribution in [0.25, 0.3) is 22.7 Å². The molecule has 3 heterocycles. The molecule has 0 aliphatic carbocycles. The van der Waals surface area contributed by atoms with Crippen LogP contribution in [-0.4, -0.2) is 14.8 Å². The van der Waals surface area contributed by atoms with E-state index in [0.29, 0.717) is 0 Å². The minimum absolute atomic E-state index is 0.947. The summed E-state index contributed by atoms with van der Waals surface area (Å²) < 4.78 is 4.10. The topological polar surface area (TPSA) is 34.6 Å². The fourth-order valence-corrected chi connectivity index (χ4v) is 3.15. The zero-order valence-corrected chi connectivity index (χ0v) is 13.0. The predicted molar refractivity (Wildman–Crippen MR) is 87.0 cm³/mol. The second-order valence-corrected chi connectivity index (χ2v) is 5.99. The Hall–Kier alpha value is -2.49. The molecule has 0 saturated heterocycles. The van der Waals surface area contributed by atoms with Gasteiger partial charge in [-0.25, -0.2) is 9.25 Å². The third-order valence-electron chi connectivity index (χ3n) is 4.23. The van der Waals surface area contributed by atoms with Gasteiger partial charge in [-0.05, 0) is 36.4 Å². The van der Waals surface area contributed by atoms with E-state index in [2.05, 4.69) is 53.1 Å². The van der Waals surface area contributed by atoms with E-state index in [-0.39, 0.29) is 0 Å². The highest BCUT2D eigenvalue weighted by molar-refractivity contribution is 5.80. The summed E-state index contributed by atoms with van der Waals surface area (Å²) in [6.45, 7) is 3.15. The van der Waals surface area contributed by atoms with Crippen molar-refractivity contribution in [1.29, 1.82) is 0 Å². The Bertz CT molecular complexity index is 889. The fraction of sp³-hybridized carbons (Fsp3) is 0.278. The number of allylic oxidation sites excluding steroid dienone is 1. The van der Waals surface area contributed by atoms with Gasteiger partial charge < -0.3 is 0 Å². The summed E-state index contributed by atoms with van der Waals surface area (Å²) in [4.78, 5) is 4.87. The molecule has 0 fully saturated rings. The SMILES string of the molecule is Cc1cccc(/C=C2\CCC[n+]3cc4cnn(C)c4nc32)c1. The zero-order chi connectivity index (χ0) is 15.1. The largest absolute Gasteiger partial charge is 0.328 e. The molecule has 0 atom stereocenters. The van der Waals surface area contributed by atoms with E-state index in [1.54, 1.807) is 0 Å². The van der Waals surface area contributed by atoms with Crippen molar-refractivity contribution in [2.24, 2.45) is 7.05 Å². The van der Waals surface area contributed by atoms with Crippen LogP contribution in [0.1, 0.15) is 29.8 Å². The molecular formula is C18H19N4+. The average Bonchev–Trinajstić information content (AvgIpc) is 2.87. The van der Waals surface area contributed by atoms with Crippen LogP contribution >= 0.6 is 0 Å². The second-order valence-electron chi connectivity index (χ2n) is 5.99. The molecule has 0 amide bonds. The Labute approximate surface area is 129 Å². The lowest BCUT2D eigenvalue weighted by atomic mass is 10.0. The summed E-state index contributed by atoms with van der Waals surface area (Å²) in [5, 5.41) is 5.41. The highest BCUT2D eigenvalue weighted by atomic mass is 15.3. The summed E-state index contributed by atoms with van der Waals surface area (Å²) >= 11 is 0. The van der Waals surface area contributed by atoms with Crippen LogP contribution in [0.4, 0.5) is 0 Å². The van der Waals surface area contributed by atoms with Gasteiger partial charge in [0.25, 0.3) is 5.65 Å². The van der Waals surface area contributed by atoms with Crippen molar-refractivity contribution in [3.8, 4) is 0 Å². The molecule has 4 heteroatoms. The highest BCUT2D eigenvalue weighted by Gasteiger charge is 2.25. The van der Waals surface area contributed by atoms with Crippen molar-refractivity contribution in [1.82, 2.24) is 14.8 Å². The third-order valence-corrected chi connectivity index (χ3v) is 4.23. The molecule has 0 radical (unpaired) electrons. The molecule has 1 aliphatic rings. The van der Waals surface area contributed by atoms with Gasteiger partial charge in [0.15, 0.2) is 0 Å². The summed E-state index contributed by atoms with van der Waals surface area (Å²) in [5.74, 6) is 1.07. The fourth-order valence-electron chi connectivity index (χ4n) is 3.15. The van der Waals surface area contributed by atoms with Crippen molar-refractivity contribution < 1.29 is 4.57 Å². The number of benzene rings is 1. The normalized spacial score (nSPS) is 16.2. The van der Waals surface area contributed by atoms with Gasteiger partial charge in [-0.2, -0.15) is 5.10 Å². The molecule has 1 aromatic carbocycles. The Morgan fingerprint density at radius 3 is 3.09 bits per heavy atom. The summed E-state index contributed by atoms with van der Waals surface area (Å²) in [6.07, 6.45) is 8.56. The van der Waals surface area contributed by atoms with Crippen molar-refractivity contribution in [2.75, 3.05) is 0 Å². The van der Waals surface area contributed by atoms with Crippen LogP contribution in [-0.2, 0) is 13.6 Å². The molecular weight excluding hydrogens is 272 g/mol.